The molecular formula is C24H23N3O5. The monoisotopic (exact) mass is 433 g/mol. The van der Waals surface area contributed by atoms with Gasteiger partial charge in [-0.1, -0.05) is 24.3 Å². The summed E-state index contributed by atoms with van der Waals surface area (Å²) in [5.74, 6) is 1.03. The van der Waals surface area contributed by atoms with Gasteiger partial charge in [-0.05, 0) is 36.2 Å². The van der Waals surface area contributed by atoms with Crippen LogP contribution in [-0.4, -0.2) is 63.7 Å². The van der Waals surface area contributed by atoms with Crippen molar-refractivity contribution in [2.45, 2.75) is 31.5 Å². The minimum Gasteiger partial charge on any atom is -0.454 e. The summed E-state index contributed by atoms with van der Waals surface area (Å²) < 4.78 is 11.0. The summed E-state index contributed by atoms with van der Waals surface area (Å²) in [4.78, 5) is 33.5. The van der Waals surface area contributed by atoms with Gasteiger partial charge in [0, 0.05) is 29.6 Å². The number of carbonyl (C=O) groups is 2. The number of nitrogens with zero attached hydrogens (tertiary/aromatic N) is 2. The topological polar surface area (TPSA) is 95.1 Å². The second kappa shape index (κ2) is 7.00. The van der Waals surface area contributed by atoms with E-state index in [4.69, 9.17) is 9.47 Å². The Morgan fingerprint density at radius 2 is 1.97 bits per heavy atom. The van der Waals surface area contributed by atoms with E-state index in [0.29, 0.717) is 17.9 Å². The molecule has 3 aromatic rings. The van der Waals surface area contributed by atoms with Crippen LogP contribution < -0.4 is 9.47 Å². The smallest absolute Gasteiger partial charge is 0.246 e. The van der Waals surface area contributed by atoms with Crippen molar-refractivity contribution in [1.29, 1.82) is 0 Å². The van der Waals surface area contributed by atoms with Crippen molar-refractivity contribution in [1.82, 2.24) is 14.8 Å². The molecule has 3 atom stereocenters. The number of benzene rings is 2. The van der Waals surface area contributed by atoms with Crippen LogP contribution in [0.15, 0.2) is 42.5 Å². The first-order valence-corrected chi connectivity index (χ1v) is 10.8. The van der Waals surface area contributed by atoms with E-state index in [-0.39, 0.29) is 31.7 Å². The number of aliphatic hydroxyl groups is 1. The van der Waals surface area contributed by atoms with E-state index in [2.05, 4.69) is 4.98 Å². The van der Waals surface area contributed by atoms with Crippen molar-refractivity contribution in [2.75, 3.05) is 19.9 Å². The molecule has 4 heterocycles. The maximum Gasteiger partial charge on any atom is 0.246 e. The molecule has 8 nitrogen and oxygen atoms in total. The zero-order chi connectivity index (χ0) is 22.0. The Bertz CT molecular complexity index is 1250. The number of aliphatic hydroxyl groups excluding tert-OH is 1. The second-order valence-corrected chi connectivity index (χ2v) is 8.67. The molecule has 32 heavy (non-hydrogen) atoms. The van der Waals surface area contributed by atoms with Crippen LogP contribution in [0.5, 0.6) is 11.5 Å². The maximum absolute atomic E-state index is 13.4. The standard InChI is InChI=1S/C24H23N3O5/c1-13(28)10-26-11-21(29)27-18(24(26)30)9-16-15-4-2-3-5-17(15)25-22(16)23(27)14-6-7-19-20(8-14)32-12-31-19/h2-8,13,18,23,25,28H,9-12H2,1H3. The van der Waals surface area contributed by atoms with Gasteiger partial charge in [-0.25, -0.2) is 0 Å². The number of ether oxygens (including phenoxy) is 2. The number of H-pyrrole nitrogens is 1. The van der Waals surface area contributed by atoms with Crippen LogP contribution in [0.4, 0.5) is 0 Å². The van der Waals surface area contributed by atoms with Crippen molar-refractivity contribution in [3.63, 3.8) is 0 Å². The maximum atomic E-state index is 13.4. The number of rotatable bonds is 3. The highest BCUT2D eigenvalue weighted by molar-refractivity contribution is 5.97. The second-order valence-electron chi connectivity index (χ2n) is 8.67. The van der Waals surface area contributed by atoms with E-state index in [1.165, 1.54) is 4.90 Å². The number of hydrogen-bond donors (Lipinski definition) is 2. The van der Waals surface area contributed by atoms with E-state index in [1.807, 2.05) is 42.5 Å². The Morgan fingerprint density at radius 3 is 2.81 bits per heavy atom. The third-order valence-corrected chi connectivity index (χ3v) is 6.54. The van der Waals surface area contributed by atoms with E-state index in [1.54, 1.807) is 11.8 Å². The van der Waals surface area contributed by atoms with Crippen molar-refractivity contribution in [2.24, 2.45) is 0 Å². The molecule has 6 rings (SSSR count). The number of fused-ring (bicyclic) bond motifs is 5. The molecule has 3 aliphatic heterocycles. The van der Waals surface area contributed by atoms with Crippen LogP contribution in [0, 0.1) is 0 Å². The summed E-state index contributed by atoms with van der Waals surface area (Å²) in [7, 11) is 0. The zero-order valence-electron chi connectivity index (χ0n) is 17.6. The molecule has 164 valence electrons. The Labute approximate surface area is 184 Å². The van der Waals surface area contributed by atoms with Crippen LogP contribution in [0.3, 0.4) is 0 Å². The van der Waals surface area contributed by atoms with Crippen molar-refractivity contribution in [3.8, 4) is 11.5 Å². The number of amides is 2. The van der Waals surface area contributed by atoms with Crippen LogP contribution in [0.1, 0.15) is 29.8 Å². The fourth-order valence-electron chi connectivity index (χ4n) is 5.23. The molecule has 2 N–H and O–H groups in total. The molecule has 0 spiro atoms. The molecule has 1 aromatic heterocycles. The Kier molecular flexibility index (Phi) is 4.19. The fraction of sp³-hybridized carbons (Fsp3) is 0.333. The number of carbonyl (C=O) groups excluding carboxylic acids is 2. The van der Waals surface area contributed by atoms with Crippen molar-refractivity contribution in [3.05, 3.63) is 59.3 Å². The molecular weight excluding hydrogens is 410 g/mol. The summed E-state index contributed by atoms with van der Waals surface area (Å²) in [5, 5.41) is 10.9. The largest absolute Gasteiger partial charge is 0.454 e. The first-order valence-electron chi connectivity index (χ1n) is 10.8. The van der Waals surface area contributed by atoms with Crippen LogP contribution in [0.2, 0.25) is 0 Å². The molecule has 0 aliphatic carbocycles. The summed E-state index contributed by atoms with van der Waals surface area (Å²) in [6, 6.07) is 12.6. The Hall–Kier alpha value is -3.52. The van der Waals surface area contributed by atoms with E-state index in [9.17, 15) is 14.7 Å². The van der Waals surface area contributed by atoms with Gasteiger partial charge < -0.3 is 29.4 Å². The van der Waals surface area contributed by atoms with Gasteiger partial charge in [0.15, 0.2) is 11.5 Å². The SMILES string of the molecule is CC(O)CN1CC(=O)N2C(Cc3c([nH]c4ccccc34)C2c2ccc3c(c2)OCO3)C1=O. The van der Waals surface area contributed by atoms with Gasteiger partial charge in [0.25, 0.3) is 0 Å². The molecule has 3 unspecified atom stereocenters. The fourth-order valence-corrected chi connectivity index (χ4v) is 5.23. The number of piperazine rings is 1. The predicted octanol–water partition coefficient (Wildman–Crippen LogP) is 1.96. The minimum absolute atomic E-state index is 0.0448. The summed E-state index contributed by atoms with van der Waals surface area (Å²) >= 11 is 0. The third kappa shape index (κ3) is 2.79. The van der Waals surface area contributed by atoms with Crippen molar-refractivity contribution < 1.29 is 24.2 Å². The zero-order valence-corrected chi connectivity index (χ0v) is 17.6. The lowest BCUT2D eigenvalue weighted by atomic mass is 9.86. The highest BCUT2D eigenvalue weighted by Crippen LogP contribution is 2.44. The van der Waals surface area contributed by atoms with E-state index >= 15 is 0 Å². The molecule has 1 saturated heterocycles. The highest BCUT2D eigenvalue weighted by atomic mass is 16.7. The quantitative estimate of drug-likeness (QED) is 0.659. The summed E-state index contributed by atoms with van der Waals surface area (Å²) in [6.45, 7) is 1.89. The number of nitrogens with one attached hydrogen (secondary N) is 1. The molecule has 1 fully saturated rings. The normalized spacial score (nSPS) is 22.8. The number of aromatic amines is 1. The lowest BCUT2D eigenvalue weighted by Crippen LogP contribution is -2.63. The van der Waals surface area contributed by atoms with Gasteiger partial charge in [-0.15, -0.1) is 0 Å². The molecule has 2 aromatic carbocycles. The van der Waals surface area contributed by atoms with Crippen LogP contribution >= 0.6 is 0 Å². The number of aromatic nitrogens is 1. The van der Waals surface area contributed by atoms with Crippen molar-refractivity contribution >= 4 is 22.7 Å². The van der Waals surface area contributed by atoms with E-state index < -0.39 is 18.2 Å². The van der Waals surface area contributed by atoms with Gasteiger partial charge in [0.1, 0.15) is 6.04 Å². The van der Waals surface area contributed by atoms with Gasteiger partial charge in [0.2, 0.25) is 18.6 Å². The first kappa shape index (κ1) is 19.2. The average molecular weight is 433 g/mol. The Balaban J connectivity index is 1.52. The summed E-state index contributed by atoms with van der Waals surface area (Å²) in [5.41, 5.74) is 3.80. The molecule has 2 amide bonds. The average Bonchev–Trinajstić information content (AvgIpc) is 3.39. The lowest BCUT2D eigenvalue weighted by Gasteiger charge is -2.47. The van der Waals surface area contributed by atoms with E-state index in [0.717, 1.165) is 27.7 Å². The van der Waals surface area contributed by atoms with Gasteiger partial charge >= 0.3 is 0 Å². The van der Waals surface area contributed by atoms with Gasteiger partial charge in [-0.3, -0.25) is 9.59 Å². The van der Waals surface area contributed by atoms with Crippen LogP contribution in [-0.2, 0) is 16.0 Å². The Morgan fingerprint density at radius 1 is 1.16 bits per heavy atom. The van der Waals surface area contributed by atoms with Gasteiger partial charge in [-0.2, -0.15) is 0 Å². The molecule has 0 radical (unpaired) electrons. The minimum atomic E-state index is -0.699. The number of β-amino-alcohol motifs (C(OH)–C–C–N with tert-alkyl or cyclic N) is 1. The molecule has 0 saturated carbocycles. The highest BCUT2D eigenvalue weighted by Gasteiger charge is 2.48. The molecule has 3 aliphatic rings. The number of hydrogen-bond acceptors (Lipinski definition) is 5. The lowest BCUT2D eigenvalue weighted by molar-refractivity contribution is -0.159. The predicted molar refractivity (Wildman–Crippen MR) is 115 cm³/mol. The first-order chi connectivity index (χ1) is 15.5. The third-order valence-electron chi connectivity index (χ3n) is 6.54. The number of para-hydroxylation sites is 1. The van der Waals surface area contributed by atoms with Crippen LogP contribution in [0.25, 0.3) is 10.9 Å². The molecule has 0 bridgehead atoms. The van der Waals surface area contributed by atoms with Gasteiger partial charge in [0.05, 0.1) is 18.7 Å². The summed E-state index contributed by atoms with van der Waals surface area (Å²) in [6.07, 6.45) is -0.267. The molecule has 8 heteroatoms.